The summed E-state index contributed by atoms with van der Waals surface area (Å²) in [4.78, 5) is 22.8. The Kier molecular flexibility index (Phi) is 7.15. The molecule has 1 aromatic carbocycles. The predicted molar refractivity (Wildman–Crippen MR) is 108 cm³/mol. The van der Waals surface area contributed by atoms with Gasteiger partial charge in [-0.1, -0.05) is 0 Å². The van der Waals surface area contributed by atoms with Crippen LogP contribution in [-0.4, -0.2) is 34.7 Å². The summed E-state index contributed by atoms with van der Waals surface area (Å²) in [5.41, 5.74) is 7.05. The number of nitriles is 1. The molecule has 152 valence electrons. The zero-order chi connectivity index (χ0) is 21.6. The van der Waals surface area contributed by atoms with Gasteiger partial charge in [0.25, 0.3) is 0 Å². The molecule has 0 bridgehead atoms. The van der Waals surface area contributed by atoms with Crippen molar-refractivity contribution in [3.8, 4) is 28.8 Å². The normalized spacial score (nSPS) is 11.2. The number of aromatic nitrogens is 2. The number of allylic oxidation sites excluding steroid dienone is 1. The number of carbonyl (C=O) groups is 2. The molecule has 0 spiro atoms. The number of benzene rings is 1. The van der Waals surface area contributed by atoms with Gasteiger partial charge in [-0.05, 0) is 45.0 Å². The van der Waals surface area contributed by atoms with Gasteiger partial charge in [0.05, 0.1) is 24.5 Å². The van der Waals surface area contributed by atoms with Crippen LogP contribution >= 0.6 is 0 Å². The number of hydrogen-bond donors (Lipinski definition) is 1. The second-order valence-electron chi connectivity index (χ2n) is 6.67. The van der Waals surface area contributed by atoms with Crippen molar-refractivity contribution in [1.29, 1.82) is 5.26 Å². The van der Waals surface area contributed by atoms with E-state index in [1.807, 2.05) is 26.0 Å². The van der Waals surface area contributed by atoms with Crippen molar-refractivity contribution in [2.75, 3.05) is 7.11 Å². The average Bonchev–Trinajstić information content (AvgIpc) is 3.06. The Morgan fingerprint density at radius 3 is 2.62 bits per heavy atom. The Hall–Kier alpha value is -3.60. The molecule has 0 unspecified atom stereocenters. The van der Waals surface area contributed by atoms with Crippen LogP contribution in [-0.2, 0) is 16.1 Å². The molecule has 0 aliphatic rings. The number of Topliss-reactive ketones (excluding diaryl/α,β-unsaturated/α-hetero) is 1. The summed E-state index contributed by atoms with van der Waals surface area (Å²) in [6.45, 7) is 5.45. The van der Waals surface area contributed by atoms with E-state index in [1.165, 1.54) is 13.0 Å². The van der Waals surface area contributed by atoms with E-state index < -0.39 is 5.91 Å². The minimum Gasteiger partial charge on any atom is -0.493 e. The van der Waals surface area contributed by atoms with Crippen LogP contribution in [0, 0.1) is 11.3 Å². The maximum atomic E-state index is 11.7. The number of amides is 1. The van der Waals surface area contributed by atoms with E-state index in [9.17, 15) is 14.9 Å². The fraction of sp³-hybridized carbons (Fsp3) is 0.333. The van der Waals surface area contributed by atoms with E-state index in [4.69, 9.17) is 15.2 Å². The van der Waals surface area contributed by atoms with Crippen molar-refractivity contribution in [2.45, 2.75) is 39.8 Å². The number of hydrogen-bond acceptors (Lipinski definition) is 6. The molecule has 0 radical (unpaired) electrons. The van der Waals surface area contributed by atoms with Gasteiger partial charge in [-0.3, -0.25) is 14.3 Å². The lowest BCUT2D eigenvalue weighted by Gasteiger charge is -2.14. The molecule has 29 heavy (non-hydrogen) atoms. The molecule has 8 heteroatoms. The lowest BCUT2D eigenvalue weighted by molar-refractivity contribution is -0.118. The van der Waals surface area contributed by atoms with Gasteiger partial charge in [0.2, 0.25) is 5.91 Å². The Balaban J connectivity index is 2.56. The maximum absolute atomic E-state index is 11.7. The molecule has 1 heterocycles. The summed E-state index contributed by atoms with van der Waals surface area (Å²) in [5, 5.41) is 13.8. The topological polar surface area (TPSA) is 120 Å². The summed E-state index contributed by atoms with van der Waals surface area (Å²) in [7, 11) is 1.54. The standard InChI is InChI=1S/C21H24N4O4/c1-13(2)29-18-6-5-15(10-19(18)28-4)21-17(9-16(11-22)14(3)26)12-25(24-21)8-7-20(23)27/h5-6,9-10,12-13H,7-8H2,1-4H3,(H2,23,27)/b16-9+. The maximum Gasteiger partial charge on any atom is 0.219 e. The van der Waals surface area contributed by atoms with E-state index in [0.717, 1.165) is 0 Å². The number of aryl methyl sites for hydroxylation is 1. The Morgan fingerprint density at radius 1 is 1.34 bits per heavy atom. The lowest BCUT2D eigenvalue weighted by atomic mass is 10.0. The zero-order valence-corrected chi connectivity index (χ0v) is 16.9. The monoisotopic (exact) mass is 396 g/mol. The smallest absolute Gasteiger partial charge is 0.219 e. The number of ether oxygens (including phenoxy) is 2. The van der Waals surface area contributed by atoms with Gasteiger partial charge in [0, 0.05) is 30.3 Å². The molecule has 1 aromatic heterocycles. The third-order valence-electron chi connectivity index (χ3n) is 3.98. The summed E-state index contributed by atoms with van der Waals surface area (Å²) < 4.78 is 12.7. The molecule has 2 aromatic rings. The van der Waals surface area contributed by atoms with Crippen LogP contribution in [0.25, 0.3) is 17.3 Å². The van der Waals surface area contributed by atoms with Gasteiger partial charge < -0.3 is 15.2 Å². The van der Waals surface area contributed by atoms with E-state index in [1.54, 1.807) is 30.1 Å². The first-order chi connectivity index (χ1) is 13.7. The fourth-order valence-corrected chi connectivity index (χ4v) is 2.64. The molecule has 2 N–H and O–H groups in total. The molecule has 8 nitrogen and oxygen atoms in total. The number of methoxy groups -OCH3 is 1. The Bertz CT molecular complexity index is 983. The van der Waals surface area contributed by atoms with Crippen molar-refractivity contribution in [2.24, 2.45) is 5.73 Å². The van der Waals surface area contributed by atoms with Crippen molar-refractivity contribution >= 4 is 17.8 Å². The van der Waals surface area contributed by atoms with Crippen LogP contribution < -0.4 is 15.2 Å². The second kappa shape index (κ2) is 9.55. The molecule has 0 aliphatic carbocycles. The van der Waals surface area contributed by atoms with Crippen LogP contribution in [0.4, 0.5) is 0 Å². The summed E-state index contributed by atoms with van der Waals surface area (Å²) in [6.07, 6.45) is 3.25. The van der Waals surface area contributed by atoms with Crippen LogP contribution in [0.5, 0.6) is 11.5 Å². The molecule has 0 aliphatic heterocycles. The van der Waals surface area contributed by atoms with Gasteiger partial charge >= 0.3 is 0 Å². The van der Waals surface area contributed by atoms with Crippen LogP contribution in [0.2, 0.25) is 0 Å². The zero-order valence-electron chi connectivity index (χ0n) is 16.9. The van der Waals surface area contributed by atoms with Crippen LogP contribution in [0.1, 0.15) is 32.8 Å². The van der Waals surface area contributed by atoms with E-state index in [-0.39, 0.29) is 30.4 Å². The molecule has 0 saturated heterocycles. The first kappa shape index (κ1) is 21.7. The van der Waals surface area contributed by atoms with Crippen LogP contribution in [0.15, 0.2) is 30.0 Å². The molecule has 2 rings (SSSR count). The van der Waals surface area contributed by atoms with Gasteiger partial charge in [-0.2, -0.15) is 10.4 Å². The largest absolute Gasteiger partial charge is 0.493 e. The Labute approximate surface area is 169 Å². The first-order valence-electron chi connectivity index (χ1n) is 9.08. The average molecular weight is 396 g/mol. The van der Waals surface area contributed by atoms with E-state index >= 15 is 0 Å². The third-order valence-corrected chi connectivity index (χ3v) is 3.98. The highest BCUT2D eigenvalue weighted by molar-refractivity contribution is 6.02. The highest BCUT2D eigenvalue weighted by atomic mass is 16.5. The van der Waals surface area contributed by atoms with Gasteiger partial charge in [-0.15, -0.1) is 0 Å². The second-order valence-corrected chi connectivity index (χ2v) is 6.67. The molecule has 0 atom stereocenters. The van der Waals surface area contributed by atoms with Crippen molar-refractivity contribution < 1.29 is 19.1 Å². The van der Waals surface area contributed by atoms with Crippen molar-refractivity contribution in [3.63, 3.8) is 0 Å². The predicted octanol–water partition coefficient (Wildman–Crippen LogP) is 2.72. The van der Waals surface area contributed by atoms with Gasteiger partial charge in [0.15, 0.2) is 17.3 Å². The number of rotatable bonds is 9. The van der Waals surface area contributed by atoms with Gasteiger partial charge in [0.1, 0.15) is 6.07 Å². The Morgan fingerprint density at radius 2 is 2.07 bits per heavy atom. The fourth-order valence-electron chi connectivity index (χ4n) is 2.64. The minimum absolute atomic E-state index is 0.00688. The van der Waals surface area contributed by atoms with Gasteiger partial charge in [-0.25, -0.2) is 0 Å². The summed E-state index contributed by atoms with van der Waals surface area (Å²) in [6, 6.07) is 7.27. The molecular formula is C21H24N4O4. The molecule has 0 fully saturated rings. The lowest BCUT2D eigenvalue weighted by Crippen LogP contribution is -2.14. The number of carbonyl (C=O) groups excluding carboxylic acids is 2. The van der Waals surface area contributed by atoms with Crippen LogP contribution in [0.3, 0.4) is 0 Å². The number of nitrogens with two attached hydrogens (primary N) is 1. The highest BCUT2D eigenvalue weighted by Gasteiger charge is 2.16. The quantitative estimate of drug-likeness (QED) is 0.514. The van der Waals surface area contributed by atoms with Crippen molar-refractivity contribution in [3.05, 3.63) is 35.5 Å². The minimum atomic E-state index is -0.447. The van der Waals surface area contributed by atoms with E-state index in [0.29, 0.717) is 28.3 Å². The first-order valence-corrected chi connectivity index (χ1v) is 9.08. The SMILES string of the molecule is COc1cc(-c2nn(CCC(N)=O)cc2/C=C(\C#N)C(C)=O)ccc1OC(C)C. The summed E-state index contributed by atoms with van der Waals surface area (Å²) in [5.74, 6) is 0.335. The highest BCUT2D eigenvalue weighted by Crippen LogP contribution is 2.34. The number of nitrogens with zero attached hydrogens (tertiary/aromatic N) is 3. The van der Waals surface area contributed by atoms with E-state index in [2.05, 4.69) is 5.10 Å². The number of ketones is 1. The van der Waals surface area contributed by atoms with Crippen molar-refractivity contribution in [1.82, 2.24) is 9.78 Å². The summed E-state index contributed by atoms with van der Waals surface area (Å²) >= 11 is 0. The molecule has 0 saturated carbocycles. The third kappa shape index (κ3) is 5.69. The molecular weight excluding hydrogens is 372 g/mol. The molecule has 1 amide bonds. The number of primary amides is 1.